The van der Waals surface area contributed by atoms with Crippen molar-refractivity contribution < 1.29 is 27.8 Å². The fraction of sp³-hybridized carbons (Fsp3) is 0.143. The molecule has 0 atom stereocenters. The zero-order valence-electron chi connectivity index (χ0n) is 6.88. The summed E-state index contributed by atoms with van der Waals surface area (Å²) in [6.07, 6.45) is -4.85. The van der Waals surface area contributed by atoms with Gasteiger partial charge in [-0.15, -0.1) is 13.2 Å². The maximum Gasteiger partial charge on any atom is 0.574 e. The molecule has 0 aliphatic carbocycles. The Morgan fingerprint density at radius 1 is 1.47 bits per heavy atom. The Kier molecular flexibility index (Phi) is 3.18. The minimum atomic E-state index is -4.85. The average Bonchev–Trinajstić information content (AvgIpc) is 1.99. The SMILES string of the molecule is O=C(O)c1ccc(OC(F)(F)F)nc1Br. The molecule has 0 saturated heterocycles. The predicted octanol–water partition coefficient (Wildman–Crippen LogP) is 2.44. The quantitative estimate of drug-likeness (QED) is 0.848. The Balaban J connectivity index is 2.97. The van der Waals surface area contributed by atoms with Gasteiger partial charge in [0.15, 0.2) is 0 Å². The van der Waals surface area contributed by atoms with Gasteiger partial charge in [-0.2, -0.15) is 0 Å². The highest BCUT2D eigenvalue weighted by Crippen LogP contribution is 2.24. The van der Waals surface area contributed by atoms with E-state index >= 15 is 0 Å². The summed E-state index contributed by atoms with van der Waals surface area (Å²) in [6, 6.07) is 1.78. The van der Waals surface area contributed by atoms with E-state index in [1.54, 1.807) is 0 Å². The van der Waals surface area contributed by atoms with Crippen molar-refractivity contribution in [2.24, 2.45) is 0 Å². The van der Waals surface area contributed by atoms with E-state index in [0.29, 0.717) is 0 Å². The fourth-order valence-electron chi connectivity index (χ4n) is 0.753. The van der Waals surface area contributed by atoms with E-state index in [4.69, 9.17) is 5.11 Å². The molecule has 0 amide bonds. The zero-order chi connectivity index (χ0) is 11.6. The highest BCUT2D eigenvalue weighted by Gasteiger charge is 2.32. The number of pyridine rings is 1. The van der Waals surface area contributed by atoms with E-state index in [2.05, 4.69) is 25.7 Å². The predicted molar refractivity (Wildman–Crippen MR) is 45.6 cm³/mol. The minimum Gasteiger partial charge on any atom is -0.478 e. The summed E-state index contributed by atoms with van der Waals surface area (Å²) in [5, 5.41) is 8.56. The van der Waals surface area contributed by atoms with E-state index < -0.39 is 18.2 Å². The van der Waals surface area contributed by atoms with E-state index in [1.165, 1.54) is 0 Å². The van der Waals surface area contributed by atoms with Crippen LogP contribution in [-0.4, -0.2) is 22.4 Å². The lowest BCUT2D eigenvalue weighted by Crippen LogP contribution is -2.18. The van der Waals surface area contributed by atoms with Gasteiger partial charge in [-0.25, -0.2) is 9.78 Å². The monoisotopic (exact) mass is 285 g/mol. The van der Waals surface area contributed by atoms with Gasteiger partial charge in [-0.3, -0.25) is 0 Å². The molecule has 0 bridgehead atoms. The lowest BCUT2D eigenvalue weighted by molar-refractivity contribution is -0.276. The maximum atomic E-state index is 11.7. The van der Waals surface area contributed by atoms with Crippen LogP contribution in [-0.2, 0) is 0 Å². The van der Waals surface area contributed by atoms with Crippen molar-refractivity contribution in [2.75, 3.05) is 0 Å². The number of hydrogen-bond acceptors (Lipinski definition) is 3. The molecule has 1 aromatic heterocycles. The second kappa shape index (κ2) is 4.05. The Bertz CT molecular complexity index is 394. The second-order valence-electron chi connectivity index (χ2n) is 2.34. The normalized spacial score (nSPS) is 11.2. The highest BCUT2D eigenvalue weighted by molar-refractivity contribution is 9.10. The highest BCUT2D eigenvalue weighted by atomic mass is 79.9. The molecule has 0 aromatic carbocycles. The van der Waals surface area contributed by atoms with Crippen LogP contribution in [0.4, 0.5) is 13.2 Å². The number of carboxylic acids is 1. The summed E-state index contributed by atoms with van der Waals surface area (Å²) in [4.78, 5) is 13.8. The van der Waals surface area contributed by atoms with Crippen LogP contribution in [0, 0.1) is 0 Å². The van der Waals surface area contributed by atoms with Gasteiger partial charge in [0.2, 0.25) is 5.88 Å². The van der Waals surface area contributed by atoms with Crippen LogP contribution in [0.5, 0.6) is 5.88 Å². The number of hydrogen-bond donors (Lipinski definition) is 1. The summed E-state index contributed by atoms with van der Waals surface area (Å²) in [7, 11) is 0. The van der Waals surface area contributed by atoms with Crippen molar-refractivity contribution >= 4 is 21.9 Å². The van der Waals surface area contributed by atoms with E-state index in [1.807, 2.05) is 0 Å². The molecule has 4 nitrogen and oxygen atoms in total. The zero-order valence-corrected chi connectivity index (χ0v) is 8.46. The van der Waals surface area contributed by atoms with Crippen molar-refractivity contribution in [3.63, 3.8) is 0 Å². The minimum absolute atomic E-state index is 0.225. The van der Waals surface area contributed by atoms with Crippen molar-refractivity contribution in [1.29, 1.82) is 0 Å². The van der Waals surface area contributed by atoms with Gasteiger partial charge in [0.25, 0.3) is 0 Å². The van der Waals surface area contributed by atoms with Crippen molar-refractivity contribution in [3.05, 3.63) is 22.3 Å². The Morgan fingerprint density at radius 2 is 2.07 bits per heavy atom. The summed E-state index contributed by atoms with van der Waals surface area (Å²) < 4.78 is 38.5. The van der Waals surface area contributed by atoms with Crippen LogP contribution in [0.15, 0.2) is 16.7 Å². The van der Waals surface area contributed by atoms with Crippen LogP contribution in [0.3, 0.4) is 0 Å². The van der Waals surface area contributed by atoms with Gasteiger partial charge in [-0.05, 0) is 22.0 Å². The third-order valence-corrected chi connectivity index (χ3v) is 1.88. The van der Waals surface area contributed by atoms with Crippen molar-refractivity contribution in [2.45, 2.75) is 6.36 Å². The molecule has 1 heterocycles. The summed E-state index contributed by atoms with van der Waals surface area (Å²) in [6.45, 7) is 0. The molecule has 1 aromatic rings. The number of carboxylic acid groups (broad SMARTS) is 1. The van der Waals surface area contributed by atoms with Gasteiger partial charge in [-0.1, -0.05) is 0 Å². The lowest BCUT2D eigenvalue weighted by Gasteiger charge is -2.08. The molecule has 0 aliphatic heterocycles. The third kappa shape index (κ3) is 3.39. The molecule has 8 heteroatoms. The number of alkyl halides is 3. The van der Waals surface area contributed by atoms with E-state index in [0.717, 1.165) is 12.1 Å². The molecule has 0 aliphatic rings. The number of aromatic nitrogens is 1. The molecule has 0 spiro atoms. The summed E-state index contributed by atoms with van der Waals surface area (Å²) in [5.74, 6) is -2.02. The first-order valence-corrected chi connectivity index (χ1v) is 4.24. The average molecular weight is 286 g/mol. The number of nitrogens with zero attached hydrogens (tertiary/aromatic N) is 1. The Hall–Kier alpha value is -1.31. The fourth-order valence-corrected chi connectivity index (χ4v) is 1.23. The van der Waals surface area contributed by atoms with Crippen LogP contribution in [0.2, 0.25) is 0 Å². The third-order valence-electron chi connectivity index (χ3n) is 1.27. The molecule has 15 heavy (non-hydrogen) atoms. The Labute approximate surface area is 89.8 Å². The molecule has 0 radical (unpaired) electrons. The molecular weight excluding hydrogens is 283 g/mol. The number of aromatic carboxylic acids is 1. The first-order chi connectivity index (χ1) is 6.79. The summed E-state index contributed by atoms with van der Waals surface area (Å²) >= 11 is 2.72. The largest absolute Gasteiger partial charge is 0.574 e. The lowest BCUT2D eigenvalue weighted by atomic mass is 10.3. The van der Waals surface area contributed by atoms with Gasteiger partial charge in [0.1, 0.15) is 4.60 Å². The molecule has 1 rings (SSSR count). The number of carbonyl (C=O) groups is 1. The van der Waals surface area contributed by atoms with Gasteiger partial charge in [0.05, 0.1) is 5.56 Å². The van der Waals surface area contributed by atoms with Gasteiger partial charge < -0.3 is 9.84 Å². The van der Waals surface area contributed by atoms with Gasteiger partial charge in [0, 0.05) is 6.07 Å². The number of halogens is 4. The van der Waals surface area contributed by atoms with Gasteiger partial charge >= 0.3 is 12.3 Å². The van der Waals surface area contributed by atoms with Crippen LogP contribution >= 0.6 is 15.9 Å². The first-order valence-electron chi connectivity index (χ1n) is 3.45. The molecule has 1 N–H and O–H groups in total. The van der Waals surface area contributed by atoms with Crippen molar-refractivity contribution in [1.82, 2.24) is 4.98 Å². The topological polar surface area (TPSA) is 59.4 Å². The molecule has 0 fully saturated rings. The molecule has 0 saturated carbocycles. The Morgan fingerprint density at radius 3 is 2.47 bits per heavy atom. The van der Waals surface area contributed by atoms with Crippen molar-refractivity contribution in [3.8, 4) is 5.88 Å². The number of rotatable bonds is 2. The van der Waals surface area contributed by atoms with E-state index in [-0.39, 0.29) is 10.2 Å². The second-order valence-corrected chi connectivity index (χ2v) is 3.09. The van der Waals surface area contributed by atoms with E-state index in [9.17, 15) is 18.0 Å². The first kappa shape index (κ1) is 11.8. The van der Waals surface area contributed by atoms with Crippen LogP contribution in [0.1, 0.15) is 10.4 Å². The molecule has 0 unspecified atom stereocenters. The maximum absolute atomic E-state index is 11.7. The smallest absolute Gasteiger partial charge is 0.478 e. The van der Waals surface area contributed by atoms with Crippen LogP contribution in [0.25, 0.3) is 0 Å². The molecular formula is C7H3BrF3NO3. The standard InChI is InChI=1S/C7H3BrF3NO3/c8-5-3(6(13)14)1-2-4(12-5)15-7(9,10)11/h1-2H,(H,13,14). The molecule has 82 valence electrons. The van der Waals surface area contributed by atoms with Crippen LogP contribution < -0.4 is 4.74 Å². The number of ether oxygens (including phenoxy) is 1. The summed E-state index contributed by atoms with van der Waals surface area (Å²) in [5.41, 5.74) is -0.246.